The van der Waals surface area contributed by atoms with Crippen molar-refractivity contribution in [3.05, 3.63) is 28.8 Å². The number of ether oxygens (including phenoxy) is 2. The van der Waals surface area contributed by atoms with Crippen LogP contribution >= 0.6 is 0 Å². The lowest BCUT2D eigenvalue weighted by Gasteiger charge is -2.20. The van der Waals surface area contributed by atoms with Crippen LogP contribution in [-0.4, -0.2) is 41.8 Å². The van der Waals surface area contributed by atoms with Crippen LogP contribution in [0.5, 0.6) is 5.75 Å². The van der Waals surface area contributed by atoms with E-state index in [-0.39, 0.29) is 13.2 Å². The van der Waals surface area contributed by atoms with Crippen LogP contribution < -0.4 is 4.74 Å². The quantitative estimate of drug-likeness (QED) is 0.908. The maximum atomic E-state index is 11.7. The molecule has 1 N–H and O–H groups in total. The minimum Gasteiger partial charge on any atom is -0.496 e. The van der Waals surface area contributed by atoms with Gasteiger partial charge in [0.2, 0.25) is 0 Å². The number of aryl methyl sites for hydroxylation is 2. The van der Waals surface area contributed by atoms with Gasteiger partial charge in [0.05, 0.1) is 13.7 Å². The van der Waals surface area contributed by atoms with Crippen LogP contribution in [0, 0.1) is 13.8 Å². The van der Waals surface area contributed by atoms with Gasteiger partial charge in [0, 0.05) is 5.56 Å². The van der Waals surface area contributed by atoms with Gasteiger partial charge in [0.1, 0.15) is 12.4 Å². The number of carboxylic acid groups (broad SMARTS) is 1. The number of hydrogen-bond acceptors (Lipinski definition) is 4. The first kappa shape index (κ1) is 14.2. The van der Waals surface area contributed by atoms with Crippen molar-refractivity contribution in [2.45, 2.75) is 26.4 Å². The van der Waals surface area contributed by atoms with E-state index in [1.165, 1.54) is 4.90 Å². The fourth-order valence-corrected chi connectivity index (χ4v) is 2.47. The molecule has 108 valence electrons. The van der Waals surface area contributed by atoms with E-state index in [0.29, 0.717) is 5.75 Å². The third kappa shape index (κ3) is 2.54. The second-order valence-electron chi connectivity index (χ2n) is 4.83. The first-order chi connectivity index (χ1) is 9.43. The Balaban J connectivity index is 2.33. The van der Waals surface area contributed by atoms with Gasteiger partial charge in [-0.2, -0.15) is 0 Å². The van der Waals surface area contributed by atoms with Crippen LogP contribution in [-0.2, 0) is 16.1 Å². The molecule has 1 aliphatic rings. The molecular formula is C14H17NO5. The Kier molecular flexibility index (Phi) is 3.83. The summed E-state index contributed by atoms with van der Waals surface area (Å²) in [5, 5.41) is 9.11. The normalized spacial score (nSPS) is 18.1. The Morgan fingerprint density at radius 3 is 2.80 bits per heavy atom. The van der Waals surface area contributed by atoms with Crippen LogP contribution in [0.25, 0.3) is 0 Å². The van der Waals surface area contributed by atoms with Crippen molar-refractivity contribution in [2.75, 3.05) is 13.7 Å². The number of methoxy groups -OCH3 is 1. The molecular weight excluding hydrogens is 262 g/mol. The van der Waals surface area contributed by atoms with Gasteiger partial charge in [0.25, 0.3) is 0 Å². The van der Waals surface area contributed by atoms with E-state index >= 15 is 0 Å². The van der Waals surface area contributed by atoms with Crippen LogP contribution in [0.2, 0.25) is 0 Å². The molecule has 1 aromatic rings. The molecule has 0 radical (unpaired) electrons. The zero-order valence-electron chi connectivity index (χ0n) is 11.7. The predicted molar refractivity (Wildman–Crippen MR) is 70.8 cm³/mol. The van der Waals surface area contributed by atoms with Crippen LogP contribution in [0.1, 0.15) is 16.7 Å². The van der Waals surface area contributed by atoms with Crippen molar-refractivity contribution in [1.82, 2.24) is 4.90 Å². The number of rotatable bonds is 4. The molecule has 2 rings (SSSR count). The molecule has 1 aliphatic heterocycles. The number of aliphatic carboxylic acids is 1. The number of carbonyl (C=O) groups excluding carboxylic acids is 1. The predicted octanol–water partition coefficient (Wildman–Crippen LogP) is 1.72. The Labute approximate surface area is 116 Å². The second kappa shape index (κ2) is 5.40. The molecule has 1 aromatic carbocycles. The summed E-state index contributed by atoms with van der Waals surface area (Å²) in [6, 6.07) is 2.91. The van der Waals surface area contributed by atoms with Crippen molar-refractivity contribution >= 4 is 12.1 Å². The van der Waals surface area contributed by atoms with E-state index in [0.717, 1.165) is 16.7 Å². The number of amides is 1. The average molecular weight is 279 g/mol. The van der Waals surface area contributed by atoms with Gasteiger partial charge in [-0.3, -0.25) is 4.90 Å². The van der Waals surface area contributed by atoms with Crippen molar-refractivity contribution in [2.24, 2.45) is 0 Å². The third-order valence-corrected chi connectivity index (χ3v) is 3.30. The molecule has 0 saturated carbocycles. The molecule has 1 fully saturated rings. The molecule has 1 heterocycles. The van der Waals surface area contributed by atoms with Crippen molar-refractivity contribution in [3.8, 4) is 5.75 Å². The topological polar surface area (TPSA) is 76.1 Å². The van der Waals surface area contributed by atoms with Gasteiger partial charge in [0.15, 0.2) is 6.04 Å². The Hall–Kier alpha value is -2.24. The summed E-state index contributed by atoms with van der Waals surface area (Å²) in [5.74, 6) is -0.404. The van der Waals surface area contributed by atoms with Crippen molar-refractivity contribution in [3.63, 3.8) is 0 Å². The maximum absolute atomic E-state index is 11.7. The van der Waals surface area contributed by atoms with Crippen LogP contribution in [0.4, 0.5) is 4.79 Å². The highest BCUT2D eigenvalue weighted by Crippen LogP contribution is 2.28. The average Bonchev–Trinajstić information content (AvgIpc) is 2.71. The summed E-state index contributed by atoms with van der Waals surface area (Å²) >= 11 is 0. The zero-order valence-corrected chi connectivity index (χ0v) is 11.7. The van der Waals surface area contributed by atoms with E-state index in [4.69, 9.17) is 14.6 Å². The molecule has 6 heteroatoms. The summed E-state index contributed by atoms with van der Waals surface area (Å²) in [7, 11) is 1.55. The van der Waals surface area contributed by atoms with Crippen molar-refractivity contribution < 1.29 is 24.2 Å². The summed E-state index contributed by atoms with van der Waals surface area (Å²) in [6.45, 7) is 3.88. The zero-order chi connectivity index (χ0) is 14.9. The Bertz CT molecular complexity index is 555. The number of benzene rings is 1. The minimum atomic E-state index is -1.07. The Morgan fingerprint density at radius 2 is 2.20 bits per heavy atom. The van der Waals surface area contributed by atoms with Gasteiger partial charge in [-0.05, 0) is 19.4 Å². The van der Waals surface area contributed by atoms with Crippen LogP contribution in [0.3, 0.4) is 0 Å². The van der Waals surface area contributed by atoms with E-state index in [2.05, 4.69) is 0 Å². The smallest absolute Gasteiger partial charge is 0.411 e. The molecule has 1 amide bonds. The molecule has 6 nitrogen and oxygen atoms in total. The summed E-state index contributed by atoms with van der Waals surface area (Å²) in [4.78, 5) is 24.0. The first-order valence-electron chi connectivity index (χ1n) is 6.24. The third-order valence-electron chi connectivity index (χ3n) is 3.30. The first-order valence-corrected chi connectivity index (χ1v) is 6.24. The highest BCUT2D eigenvalue weighted by Gasteiger charge is 2.38. The lowest BCUT2D eigenvalue weighted by atomic mass is 10.0. The van der Waals surface area contributed by atoms with E-state index < -0.39 is 18.1 Å². The molecule has 1 atom stereocenters. The fourth-order valence-electron chi connectivity index (χ4n) is 2.47. The number of carbonyl (C=O) groups is 2. The second-order valence-corrected chi connectivity index (χ2v) is 4.83. The fraction of sp³-hybridized carbons (Fsp3) is 0.429. The monoisotopic (exact) mass is 279 g/mol. The Morgan fingerprint density at radius 1 is 1.50 bits per heavy atom. The van der Waals surface area contributed by atoms with E-state index in [9.17, 15) is 9.59 Å². The highest BCUT2D eigenvalue weighted by atomic mass is 16.6. The van der Waals surface area contributed by atoms with Crippen LogP contribution in [0.15, 0.2) is 12.1 Å². The molecule has 0 spiro atoms. The standard InChI is InChI=1S/C14H17NO5/c1-8-4-9(2)12(19-3)10(5-8)6-15-11(13(16)17)7-20-14(15)18/h4-5,11H,6-7H2,1-3H3,(H,16,17). The van der Waals surface area contributed by atoms with Gasteiger partial charge in [-0.25, -0.2) is 9.59 Å². The van der Waals surface area contributed by atoms with Gasteiger partial charge < -0.3 is 14.6 Å². The van der Waals surface area contributed by atoms with Gasteiger partial charge in [-0.15, -0.1) is 0 Å². The minimum absolute atomic E-state index is 0.124. The molecule has 1 unspecified atom stereocenters. The van der Waals surface area contributed by atoms with Gasteiger partial charge in [-0.1, -0.05) is 17.7 Å². The largest absolute Gasteiger partial charge is 0.496 e. The number of carboxylic acids is 1. The highest BCUT2D eigenvalue weighted by molar-refractivity contribution is 5.83. The molecule has 1 saturated heterocycles. The summed E-state index contributed by atoms with van der Waals surface area (Å²) in [6.07, 6.45) is -0.612. The molecule has 0 aliphatic carbocycles. The summed E-state index contributed by atoms with van der Waals surface area (Å²) < 4.78 is 10.2. The summed E-state index contributed by atoms with van der Waals surface area (Å²) in [5.41, 5.74) is 2.75. The molecule has 0 bridgehead atoms. The van der Waals surface area contributed by atoms with E-state index in [1.807, 2.05) is 26.0 Å². The van der Waals surface area contributed by atoms with Crippen molar-refractivity contribution in [1.29, 1.82) is 0 Å². The van der Waals surface area contributed by atoms with E-state index in [1.54, 1.807) is 7.11 Å². The molecule has 20 heavy (non-hydrogen) atoms. The number of cyclic esters (lactones) is 1. The maximum Gasteiger partial charge on any atom is 0.411 e. The lowest BCUT2D eigenvalue weighted by Crippen LogP contribution is -2.38. The number of nitrogens with zero attached hydrogens (tertiary/aromatic N) is 1. The lowest BCUT2D eigenvalue weighted by molar-refractivity contribution is -0.141. The number of hydrogen-bond donors (Lipinski definition) is 1. The SMILES string of the molecule is COc1c(C)cc(C)cc1CN1C(=O)OCC1C(=O)O. The molecule has 0 aromatic heterocycles. The van der Waals surface area contributed by atoms with Gasteiger partial charge >= 0.3 is 12.1 Å².